The van der Waals surface area contributed by atoms with E-state index in [9.17, 15) is 9.59 Å². The van der Waals surface area contributed by atoms with Gasteiger partial charge in [0.2, 0.25) is 0 Å². The number of halogens is 1. The molecule has 3 aromatic carbocycles. The summed E-state index contributed by atoms with van der Waals surface area (Å²) < 4.78 is 6.64. The van der Waals surface area contributed by atoms with E-state index in [0.29, 0.717) is 38.5 Å². The van der Waals surface area contributed by atoms with Gasteiger partial charge in [0.05, 0.1) is 23.4 Å². The molecule has 0 spiro atoms. The van der Waals surface area contributed by atoms with Crippen LogP contribution in [0.4, 0.5) is 5.69 Å². The van der Waals surface area contributed by atoms with E-state index in [1.54, 1.807) is 86.1 Å². The summed E-state index contributed by atoms with van der Waals surface area (Å²) in [6.07, 6.45) is 1.55. The third-order valence-corrected chi connectivity index (χ3v) is 4.97. The van der Waals surface area contributed by atoms with Crippen LogP contribution in [0, 0.1) is 0 Å². The van der Waals surface area contributed by atoms with Gasteiger partial charge in [-0.2, -0.15) is 0 Å². The highest BCUT2D eigenvalue weighted by Gasteiger charge is 2.16. The van der Waals surface area contributed by atoms with Crippen molar-refractivity contribution >= 4 is 34.0 Å². The summed E-state index contributed by atoms with van der Waals surface area (Å²) in [6.45, 7) is 0. The van der Waals surface area contributed by atoms with Gasteiger partial charge in [0.1, 0.15) is 5.75 Å². The molecule has 0 atom stereocenters. The number of benzene rings is 3. The first-order chi connectivity index (χ1) is 14.1. The van der Waals surface area contributed by atoms with E-state index < -0.39 is 0 Å². The van der Waals surface area contributed by atoms with Gasteiger partial charge >= 0.3 is 0 Å². The first-order valence-corrected chi connectivity index (χ1v) is 9.31. The fourth-order valence-electron chi connectivity index (χ4n) is 3.16. The zero-order valence-corrected chi connectivity index (χ0v) is 16.3. The van der Waals surface area contributed by atoms with Gasteiger partial charge in [-0.3, -0.25) is 14.2 Å². The fraction of sp³-hybridized carbons (Fsp3) is 0.0435. The summed E-state index contributed by atoms with van der Waals surface area (Å²) in [7, 11) is 1.58. The van der Waals surface area contributed by atoms with Crippen LogP contribution in [0.3, 0.4) is 0 Å². The van der Waals surface area contributed by atoms with Crippen molar-refractivity contribution in [1.82, 2.24) is 4.57 Å². The monoisotopic (exact) mass is 404 g/mol. The van der Waals surface area contributed by atoms with Crippen molar-refractivity contribution in [2.75, 3.05) is 12.4 Å². The Morgan fingerprint density at radius 1 is 0.931 bits per heavy atom. The minimum Gasteiger partial charge on any atom is -0.497 e. The number of nitrogens with zero attached hydrogens (tertiary/aromatic N) is 1. The molecule has 6 heteroatoms. The van der Waals surface area contributed by atoms with Gasteiger partial charge < -0.3 is 10.1 Å². The number of hydrogen-bond acceptors (Lipinski definition) is 3. The zero-order valence-electron chi connectivity index (χ0n) is 15.6. The number of anilines is 1. The second-order valence-corrected chi connectivity index (χ2v) is 6.80. The lowest BCUT2D eigenvalue weighted by Crippen LogP contribution is -2.22. The highest BCUT2D eigenvalue weighted by molar-refractivity contribution is 6.34. The zero-order chi connectivity index (χ0) is 20.4. The van der Waals surface area contributed by atoms with E-state index >= 15 is 0 Å². The standard InChI is InChI=1S/C23H17ClN2O3/c1-29-16-12-10-15(11-13-16)26-14-19(17-6-2-3-7-18(17)23(26)28)22(27)25-21-9-5-4-8-20(21)24/h2-14H,1H3,(H,25,27). The van der Waals surface area contributed by atoms with Gasteiger partial charge in [0, 0.05) is 22.7 Å². The lowest BCUT2D eigenvalue weighted by atomic mass is 10.1. The lowest BCUT2D eigenvalue weighted by molar-refractivity contribution is 0.102. The average Bonchev–Trinajstić information content (AvgIpc) is 2.76. The number of rotatable bonds is 4. The first kappa shape index (κ1) is 18.8. The van der Waals surface area contributed by atoms with Gasteiger partial charge in [-0.25, -0.2) is 0 Å². The van der Waals surface area contributed by atoms with Crippen molar-refractivity contribution in [1.29, 1.82) is 0 Å². The van der Waals surface area contributed by atoms with Crippen molar-refractivity contribution in [2.45, 2.75) is 0 Å². The van der Waals surface area contributed by atoms with Crippen LogP contribution in [0.25, 0.3) is 16.5 Å². The molecule has 5 nitrogen and oxygen atoms in total. The van der Waals surface area contributed by atoms with Crippen LogP contribution in [0.2, 0.25) is 5.02 Å². The van der Waals surface area contributed by atoms with E-state index in [1.807, 2.05) is 0 Å². The number of ether oxygens (including phenoxy) is 1. The number of aromatic nitrogens is 1. The summed E-state index contributed by atoms with van der Waals surface area (Å²) in [4.78, 5) is 26.1. The molecule has 1 heterocycles. The van der Waals surface area contributed by atoms with Crippen LogP contribution >= 0.6 is 11.6 Å². The quantitative estimate of drug-likeness (QED) is 0.526. The first-order valence-electron chi connectivity index (χ1n) is 8.93. The molecule has 0 bridgehead atoms. The second kappa shape index (κ2) is 7.81. The second-order valence-electron chi connectivity index (χ2n) is 6.40. The summed E-state index contributed by atoms with van der Waals surface area (Å²) >= 11 is 6.17. The largest absolute Gasteiger partial charge is 0.497 e. The number of fused-ring (bicyclic) bond motifs is 1. The SMILES string of the molecule is COc1ccc(-n2cc(C(=O)Nc3ccccc3Cl)c3ccccc3c2=O)cc1. The van der Waals surface area contributed by atoms with E-state index in [-0.39, 0.29) is 11.5 Å². The van der Waals surface area contributed by atoms with Gasteiger partial charge in [0.15, 0.2) is 0 Å². The maximum absolute atomic E-state index is 13.1. The minimum atomic E-state index is -0.350. The van der Waals surface area contributed by atoms with Gasteiger partial charge in [-0.1, -0.05) is 41.9 Å². The Morgan fingerprint density at radius 3 is 2.28 bits per heavy atom. The van der Waals surface area contributed by atoms with Crippen molar-refractivity contribution in [3.8, 4) is 11.4 Å². The Kier molecular flexibility index (Phi) is 5.06. The summed E-state index contributed by atoms with van der Waals surface area (Å²) in [5.74, 6) is 0.329. The molecular formula is C23H17ClN2O3. The maximum Gasteiger partial charge on any atom is 0.262 e. The maximum atomic E-state index is 13.1. The Morgan fingerprint density at radius 2 is 1.59 bits per heavy atom. The smallest absolute Gasteiger partial charge is 0.262 e. The van der Waals surface area contributed by atoms with Crippen LogP contribution in [0.15, 0.2) is 83.8 Å². The van der Waals surface area contributed by atoms with Gasteiger partial charge in [-0.15, -0.1) is 0 Å². The van der Waals surface area contributed by atoms with Crippen LogP contribution in [-0.2, 0) is 0 Å². The molecule has 1 amide bonds. The predicted molar refractivity (Wildman–Crippen MR) is 116 cm³/mol. The third-order valence-electron chi connectivity index (χ3n) is 4.64. The molecule has 0 radical (unpaired) electrons. The highest BCUT2D eigenvalue weighted by Crippen LogP contribution is 2.24. The molecule has 0 unspecified atom stereocenters. The minimum absolute atomic E-state index is 0.208. The Balaban J connectivity index is 1.86. The van der Waals surface area contributed by atoms with Crippen LogP contribution in [-0.4, -0.2) is 17.6 Å². The number of nitrogens with one attached hydrogen (secondary N) is 1. The number of amides is 1. The summed E-state index contributed by atoms with van der Waals surface area (Å²) in [5.41, 5.74) is 1.30. The lowest BCUT2D eigenvalue weighted by Gasteiger charge is -2.13. The number of carbonyl (C=O) groups is 1. The van der Waals surface area contributed by atoms with Crippen molar-refractivity contribution in [3.05, 3.63) is 99.9 Å². The molecule has 0 aliphatic heterocycles. The van der Waals surface area contributed by atoms with Crippen LogP contribution < -0.4 is 15.6 Å². The Bertz CT molecular complexity index is 1260. The molecular weight excluding hydrogens is 388 g/mol. The number of pyridine rings is 1. The molecule has 0 saturated heterocycles. The van der Waals surface area contributed by atoms with Gasteiger partial charge in [0.25, 0.3) is 11.5 Å². The molecule has 1 aromatic heterocycles. The Hall–Kier alpha value is -3.57. The van der Waals surface area contributed by atoms with Crippen LogP contribution in [0.1, 0.15) is 10.4 Å². The molecule has 0 fully saturated rings. The van der Waals surface area contributed by atoms with Crippen molar-refractivity contribution in [3.63, 3.8) is 0 Å². The molecule has 4 rings (SSSR count). The fourth-order valence-corrected chi connectivity index (χ4v) is 3.34. The van der Waals surface area contributed by atoms with Crippen molar-refractivity contribution in [2.24, 2.45) is 0 Å². The topological polar surface area (TPSA) is 60.3 Å². The highest BCUT2D eigenvalue weighted by atomic mass is 35.5. The van der Waals surface area contributed by atoms with E-state index in [4.69, 9.17) is 16.3 Å². The van der Waals surface area contributed by atoms with E-state index in [1.165, 1.54) is 4.57 Å². The molecule has 0 aliphatic carbocycles. The number of methoxy groups -OCH3 is 1. The number of hydrogen-bond donors (Lipinski definition) is 1. The van der Waals surface area contributed by atoms with E-state index in [2.05, 4.69) is 5.32 Å². The van der Waals surface area contributed by atoms with Gasteiger partial charge in [-0.05, 0) is 42.5 Å². The summed E-state index contributed by atoms with van der Waals surface area (Å²) in [5, 5.41) is 4.30. The number of carbonyl (C=O) groups excluding carboxylic acids is 1. The third kappa shape index (κ3) is 3.60. The molecule has 29 heavy (non-hydrogen) atoms. The molecule has 4 aromatic rings. The summed E-state index contributed by atoms with van der Waals surface area (Å²) in [6, 6.07) is 21.1. The van der Waals surface area contributed by atoms with Crippen molar-refractivity contribution < 1.29 is 9.53 Å². The van der Waals surface area contributed by atoms with Crippen LogP contribution in [0.5, 0.6) is 5.75 Å². The number of para-hydroxylation sites is 1. The Labute approximate surface area is 172 Å². The van der Waals surface area contributed by atoms with E-state index in [0.717, 1.165) is 0 Å². The average molecular weight is 405 g/mol. The predicted octanol–water partition coefficient (Wildman–Crippen LogP) is 4.91. The molecule has 1 N–H and O–H groups in total. The molecule has 0 aliphatic rings. The molecule has 0 saturated carbocycles. The molecule has 144 valence electrons. The normalized spacial score (nSPS) is 10.7.